The Labute approximate surface area is 106 Å². The molecule has 1 aromatic rings. The first-order chi connectivity index (χ1) is 8.69. The first-order valence-electron chi connectivity index (χ1n) is 5.83. The molecule has 5 nitrogen and oxygen atoms in total. The molecule has 2 heterocycles. The van der Waals surface area contributed by atoms with Gasteiger partial charge in [0.15, 0.2) is 0 Å². The summed E-state index contributed by atoms with van der Waals surface area (Å²) in [6.07, 6.45) is 0. The summed E-state index contributed by atoms with van der Waals surface area (Å²) in [5.41, 5.74) is 2.40. The van der Waals surface area contributed by atoms with Gasteiger partial charge in [-0.25, -0.2) is 4.98 Å². The number of pyridine rings is 1. The number of aryl methyl sites for hydroxylation is 1. The Hall–Kier alpha value is -2.11. The van der Waals surface area contributed by atoms with E-state index >= 15 is 0 Å². The van der Waals surface area contributed by atoms with Crippen LogP contribution in [-0.2, 0) is 4.74 Å². The molecule has 0 unspecified atom stereocenters. The molecule has 0 aromatic carbocycles. The van der Waals surface area contributed by atoms with Crippen LogP contribution in [0, 0.1) is 36.5 Å². The molecule has 0 saturated carbocycles. The van der Waals surface area contributed by atoms with E-state index in [1.807, 2.05) is 18.7 Å². The van der Waals surface area contributed by atoms with Crippen molar-refractivity contribution < 1.29 is 4.74 Å². The van der Waals surface area contributed by atoms with E-state index in [1.54, 1.807) is 0 Å². The van der Waals surface area contributed by atoms with Gasteiger partial charge in [0.05, 0.1) is 18.8 Å². The monoisotopic (exact) mass is 242 g/mol. The fraction of sp³-hybridized carbons (Fsp3) is 0.462. The van der Waals surface area contributed by atoms with Crippen molar-refractivity contribution >= 4 is 5.82 Å². The lowest BCUT2D eigenvalue weighted by Gasteiger charge is -2.29. The largest absolute Gasteiger partial charge is 0.378 e. The quantitative estimate of drug-likeness (QED) is 0.741. The molecule has 5 heteroatoms. The molecule has 1 aliphatic heterocycles. The molecule has 0 amide bonds. The van der Waals surface area contributed by atoms with Crippen molar-refractivity contribution in [2.45, 2.75) is 13.8 Å². The highest BCUT2D eigenvalue weighted by Crippen LogP contribution is 2.25. The molecule has 0 aliphatic carbocycles. The molecular formula is C13H14N4O. The van der Waals surface area contributed by atoms with Gasteiger partial charge in [0, 0.05) is 18.8 Å². The average Bonchev–Trinajstić information content (AvgIpc) is 2.42. The molecule has 92 valence electrons. The van der Waals surface area contributed by atoms with Gasteiger partial charge in [-0.3, -0.25) is 0 Å². The maximum atomic E-state index is 9.28. The van der Waals surface area contributed by atoms with E-state index in [4.69, 9.17) is 4.74 Å². The Morgan fingerprint density at radius 2 is 1.72 bits per heavy atom. The maximum Gasteiger partial charge on any atom is 0.148 e. The predicted octanol–water partition coefficient (Wildman–Crippen LogP) is 1.28. The first kappa shape index (κ1) is 12.3. The molecule has 1 aromatic heterocycles. The third-order valence-electron chi connectivity index (χ3n) is 3.20. The van der Waals surface area contributed by atoms with Crippen LogP contribution in [0.1, 0.15) is 22.4 Å². The summed E-state index contributed by atoms with van der Waals surface area (Å²) >= 11 is 0. The fourth-order valence-electron chi connectivity index (χ4n) is 2.03. The highest BCUT2D eigenvalue weighted by atomic mass is 16.5. The molecular weight excluding hydrogens is 228 g/mol. The van der Waals surface area contributed by atoms with E-state index in [9.17, 15) is 10.5 Å². The number of aromatic nitrogens is 1. The zero-order valence-corrected chi connectivity index (χ0v) is 10.5. The van der Waals surface area contributed by atoms with Gasteiger partial charge in [-0.05, 0) is 19.4 Å². The normalized spacial score (nSPS) is 15.0. The molecule has 0 spiro atoms. The van der Waals surface area contributed by atoms with Crippen molar-refractivity contribution in [2.24, 2.45) is 0 Å². The third-order valence-corrected chi connectivity index (χ3v) is 3.20. The highest BCUT2D eigenvalue weighted by molar-refractivity contribution is 5.64. The summed E-state index contributed by atoms with van der Waals surface area (Å²) in [7, 11) is 0. The van der Waals surface area contributed by atoms with Crippen LogP contribution < -0.4 is 4.90 Å². The second-order valence-corrected chi connectivity index (χ2v) is 4.22. The van der Waals surface area contributed by atoms with Crippen LogP contribution in [0.4, 0.5) is 5.82 Å². The van der Waals surface area contributed by atoms with E-state index < -0.39 is 0 Å². The van der Waals surface area contributed by atoms with Crippen LogP contribution in [0.5, 0.6) is 0 Å². The lowest BCUT2D eigenvalue weighted by atomic mass is 10.0. The molecule has 18 heavy (non-hydrogen) atoms. The molecule has 0 bridgehead atoms. The first-order valence-corrected chi connectivity index (χ1v) is 5.83. The van der Waals surface area contributed by atoms with Crippen LogP contribution >= 0.6 is 0 Å². The third kappa shape index (κ3) is 2.01. The number of nitriles is 2. The van der Waals surface area contributed by atoms with Gasteiger partial charge in [0.1, 0.15) is 23.5 Å². The molecule has 2 rings (SSSR count). The summed E-state index contributed by atoms with van der Waals surface area (Å²) in [5, 5.41) is 18.5. The zero-order valence-electron chi connectivity index (χ0n) is 10.5. The average molecular weight is 242 g/mol. The second-order valence-electron chi connectivity index (χ2n) is 4.22. The van der Waals surface area contributed by atoms with Gasteiger partial charge in [-0.15, -0.1) is 0 Å². The maximum absolute atomic E-state index is 9.28. The van der Waals surface area contributed by atoms with Crippen LogP contribution in [0.2, 0.25) is 0 Å². The Balaban J connectivity index is 2.57. The molecule has 1 saturated heterocycles. The van der Waals surface area contributed by atoms with Crippen LogP contribution in [-0.4, -0.2) is 31.3 Å². The van der Waals surface area contributed by atoms with E-state index in [-0.39, 0.29) is 0 Å². The number of ether oxygens (including phenoxy) is 1. The number of morpholine rings is 1. The Morgan fingerprint density at radius 1 is 1.11 bits per heavy atom. The number of hydrogen-bond acceptors (Lipinski definition) is 5. The van der Waals surface area contributed by atoms with Crippen molar-refractivity contribution in [3.05, 3.63) is 22.4 Å². The molecule has 1 aliphatic rings. The van der Waals surface area contributed by atoms with Crippen molar-refractivity contribution in [2.75, 3.05) is 31.2 Å². The number of hydrogen-bond donors (Lipinski definition) is 0. The minimum atomic E-state index is 0.377. The van der Waals surface area contributed by atoms with Crippen LogP contribution in [0.25, 0.3) is 0 Å². The molecule has 1 fully saturated rings. The lowest BCUT2D eigenvalue weighted by Crippen LogP contribution is -2.37. The van der Waals surface area contributed by atoms with Crippen molar-refractivity contribution in [3.8, 4) is 12.1 Å². The van der Waals surface area contributed by atoms with E-state index in [0.29, 0.717) is 43.2 Å². The van der Waals surface area contributed by atoms with Crippen molar-refractivity contribution in [1.82, 2.24) is 4.98 Å². The van der Waals surface area contributed by atoms with Gasteiger partial charge >= 0.3 is 0 Å². The van der Waals surface area contributed by atoms with Crippen molar-refractivity contribution in [1.29, 1.82) is 10.5 Å². The minimum absolute atomic E-state index is 0.377. The Bertz CT molecular complexity index is 548. The van der Waals surface area contributed by atoms with Gasteiger partial charge in [0.25, 0.3) is 0 Å². The van der Waals surface area contributed by atoms with Crippen LogP contribution in [0.3, 0.4) is 0 Å². The van der Waals surface area contributed by atoms with E-state index in [2.05, 4.69) is 17.1 Å². The van der Waals surface area contributed by atoms with Crippen LogP contribution in [0.15, 0.2) is 0 Å². The standard InChI is InChI=1S/C13H14N4O/c1-9-10(2)16-13(12(8-15)11(9)7-14)17-3-5-18-6-4-17/h3-6H2,1-2H3. The van der Waals surface area contributed by atoms with Gasteiger partial charge in [-0.2, -0.15) is 10.5 Å². The van der Waals surface area contributed by atoms with Gasteiger partial charge in [-0.1, -0.05) is 0 Å². The Kier molecular flexibility index (Phi) is 3.45. The topological polar surface area (TPSA) is 72.9 Å². The molecule has 0 N–H and O–H groups in total. The summed E-state index contributed by atoms with van der Waals surface area (Å²) in [5.74, 6) is 0.612. The summed E-state index contributed by atoms with van der Waals surface area (Å²) < 4.78 is 5.29. The zero-order chi connectivity index (χ0) is 13.1. The lowest BCUT2D eigenvalue weighted by molar-refractivity contribution is 0.122. The van der Waals surface area contributed by atoms with Gasteiger partial charge in [0.2, 0.25) is 0 Å². The number of anilines is 1. The molecule has 0 atom stereocenters. The number of rotatable bonds is 1. The smallest absolute Gasteiger partial charge is 0.148 e. The van der Waals surface area contributed by atoms with E-state index in [1.165, 1.54) is 0 Å². The Morgan fingerprint density at radius 3 is 2.28 bits per heavy atom. The highest BCUT2D eigenvalue weighted by Gasteiger charge is 2.21. The minimum Gasteiger partial charge on any atom is -0.378 e. The van der Waals surface area contributed by atoms with Gasteiger partial charge < -0.3 is 9.64 Å². The SMILES string of the molecule is Cc1nc(N2CCOCC2)c(C#N)c(C#N)c1C. The molecule has 0 radical (unpaired) electrons. The van der Waals surface area contributed by atoms with Crippen molar-refractivity contribution in [3.63, 3.8) is 0 Å². The summed E-state index contributed by atoms with van der Waals surface area (Å²) in [6.45, 7) is 6.35. The second kappa shape index (κ2) is 5.03. The predicted molar refractivity (Wildman–Crippen MR) is 66.2 cm³/mol. The number of nitrogens with zero attached hydrogens (tertiary/aromatic N) is 4. The summed E-state index contributed by atoms with van der Waals surface area (Å²) in [6, 6.07) is 4.23. The summed E-state index contributed by atoms with van der Waals surface area (Å²) in [4.78, 5) is 6.48. The fourth-order valence-corrected chi connectivity index (χ4v) is 2.03. The van der Waals surface area contributed by atoms with E-state index in [0.717, 1.165) is 11.3 Å².